The molecule has 1 aliphatic heterocycles. The molecule has 0 aromatic rings. The molecule has 112 valence electrons. The lowest BCUT2D eigenvalue weighted by molar-refractivity contribution is -0.154. The molecule has 0 aromatic heterocycles. The monoisotopic (exact) mass is 278 g/mol. The molecule has 0 spiro atoms. The molecule has 1 N–H and O–H groups in total. The summed E-state index contributed by atoms with van der Waals surface area (Å²) in [6, 6.07) is -0.269. The lowest BCUT2D eigenvalue weighted by atomic mass is 9.86. The Morgan fingerprint density at radius 1 is 1.25 bits per heavy atom. The highest BCUT2D eigenvalue weighted by molar-refractivity contribution is 5.99. The van der Waals surface area contributed by atoms with Gasteiger partial charge in [-0.25, -0.2) is 0 Å². The highest BCUT2D eigenvalue weighted by atomic mass is 16.2. The van der Waals surface area contributed by atoms with Crippen LogP contribution < -0.4 is 5.32 Å². The maximum atomic E-state index is 12.7. The SMILES string of the molecule is CCC1C(=O)NC(C)(C)C(=O)N1CC1CC2CCC1C2. The molecular formula is C16H26N2O2. The summed E-state index contributed by atoms with van der Waals surface area (Å²) in [5.41, 5.74) is -0.750. The van der Waals surface area contributed by atoms with Crippen LogP contribution in [-0.4, -0.2) is 34.8 Å². The van der Waals surface area contributed by atoms with Gasteiger partial charge in [0.15, 0.2) is 0 Å². The van der Waals surface area contributed by atoms with Gasteiger partial charge in [0.05, 0.1) is 0 Å². The molecule has 4 nitrogen and oxygen atoms in total. The Hall–Kier alpha value is -1.06. The van der Waals surface area contributed by atoms with Crippen molar-refractivity contribution in [1.82, 2.24) is 10.2 Å². The van der Waals surface area contributed by atoms with E-state index in [2.05, 4.69) is 5.32 Å². The van der Waals surface area contributed by atoms with Gasteiger partial charge in [0, 0.05) is 6.54 Å². The minimum atomic E-state index is -0.750. The van der Waals surface area contributed by atoms with Gasteiger partial charge >= 0.3 is 0 Å². The number of nitrogens with zero attached hydrogens (tertiary/aromatic N) is 1. The summed E-state index contributed by atoms with van der Waals surface area (Å²) in [5.74, 6) is 2.39. The average molecular weight is 278 g/mol. The van der Waals surface area contributed by atoms with Gasteiger partial charge in [-0.3, -0.25) is 9.59 Å². The molecular weight excluding hydrogens is 252 g/mol. The van der Waals surface area contributed by atoms with Gasteiger partial charge < -0.3 is 10.2 Å². The molecule has 0 aromatic carbocycles. The number of carbonyl (C=O) groups is 2. The minimum absolute atomic E-state index is 0.0141. The van der Waals surface area contributed by atoms with Crippen molar-refractivity contribution in [3.63, 3.8) is 0 Å². The Bertz CT molecular complexity index is 432. The van der Waals surface area contributed by atoms with Crippen molar-refractivity contribution in [3.8, 4) is 0 Å². The van der Waals surface area contributed by atoms with Crippen molar-refractivity contribution in [2.45, 2.75) is 64.5 Å². The number of hydrogen-bond donors (Lipinski definition) is 1. The van der Waals surface area contributed by atoms with Crippen molar-refractivity contribution in [2.24, 2.45) is 17.8 Å². The van der Waals surface area contributed by atoms with E-state index in [9.17, 15) is 9.59 Å². The van der Waals surface area contributed by atoms with Crippen LogP contribution in [0.2, 0.25) is 0 Å². The standard InChI is InChI=1S/C16H26N2O2/c1-4-13-14(19)17-16(2,3)15(20)18(13)9-12-8-10-5-6-11(12)7-10/h10-13H,4-9H2,1-3H3,(H,17,19). The second-order valence-electron chi connectivity index (χ2n) is 7.43. The second-order valence-corrected chi connectivity index (χ2v) is 7.43. The fourth-order valence-electron chi connectivity index (χ4n) is 4.56. The first kappa shape index (κ1) is 13.9. The molecule has 4 unspecified atom stereocenters. The van der Waals surface area contributed by atoms with Crippen LogP contribution in [0.25, 0.3) is 0 Å². The number of fused-ring (bicyclic) bond motifs is 2. The van der Waals surface area contributed by atoms with Crippen LogP contribution in [0.15, 0.2) is 0 Å². The molecule has 3 aliphatic rings. The molecule has 1 heterocycles. The van der Waals surface area contributed by atoms with E-state index in [0.29, 0.717) is 12.3 Å². The lowest BCUT2D eigenvalue weighted by Crippen LogP contribution is -2.68. The molecule has 20 heavy (non-hydrogen) atoms. The predicted octanol–water partition coefficient (Wildman–Crippen LogP) is 1.94. The molecule has 3 fully saturated rings. The third kappa shape index (κ3) is 2.13. The number of hydrogen-bond acceptors (Lipinski definition) is 2. The highest BCUT2D eigenvalue weighted by Gasteiger charge is 2.47. The van der Waals surface area contributed by atoms with Gasteiger partial charge in [-0.05, 0) is 57.3 Å². The second kappa shape index (κ2) is 4.74. The van der Waals surface area contributed by atoms with E-state index >= 15 is 0 Å². The Kier molecular flexibility index (Phi) is 3.30. The molecule has 2 amide bonds. The molecule has 4 heteroatoms. The van der Waals surface area contributed by atoms with Gasteiger partial charge in [-0.1, -0.05) is 13.3 Å². The van der Waals surface area contributed by atoms with E-state index in [4.69, 9.17) is 0 Å². The summed E-state index contributed by atoms with van der Waals surface area (Å²) in [6.07, 6.45) is 6.00. The Balaban J connectivity index is 1.77. The molecule has 1 saturated heterocycles. The summed E-state index contributed by atoms with van der Waals surface area (Å²) >= 11 is 0. The van der Waals surface area contributed by atoms with Crippen LogP contribution in [-0.2, 0) is 9.59 Å². The summed E-state index contributed by atoms with van der Waals surface area (Å²) in [6.45, 7) is 6.40. The van der Waals surface area contributed by atoms with Crippen molar-refractivity contribution in [1.29, 1.82) is 0 Å². The lowest BCUT2D eigenvalue weighted by Gasteiger charge is -2.44. The van der Waals surface area contributed by atoms with Crippen molar-refractivity contribution in [2.75, 3.05) is 6.54 Å². The Morgan fingerprint density at radius 2 is 2.00 bits per heavy atom. The predicted molar refractivity (Wildman–Crippen MR) is 77.0 cm³/mol. The van der Waals surface area contributed by atoms with Crippen molar-refractivity contribution < 1.29 is 9.59 Å². The third-order valence-electron chi connectivity index (χ3n) is 5.61. The van der Waals surface area contributed by atoms with Crippen LogP contribution in [0.1, 0.15) is 52.9 Å². The maximum absolute atomic E-state index is 12.7. The van der Waals surface area contributed by atoms with Crippen LogP contribution in [0.4, 0.5) is 0 Å². The summed E-state index contributed by atoms with van der Waals surface area (Å²) in [4.78, 5) is 26.8. The van der Waals surface area contributed by atoms with E-state index in [-0.39, 0.29) is 17.9 Å². The van der Waals surface area contributed by atoms with E-state index in [1.54, 1.807) is 0 Å². The van der Waals surface area contributed by atoms with Crippen LogP contribution in [0.3, 0.4) is 0 Å². The van der Waals surface area contributed by atoms with E-state index in [1.807, 2.05) is 25.7 Å². The highest BCUT2D eigenvalue weighted by Crippen LogP contribution is 2.48. The van der Waals surface area contributed by atoms with Crippen molar-refractivity contribution >= 4 is 11.8 Å². The zero-order valence-electron chi connectivity index (χ0n) is 12.8. The molecule has 3 rings (SSSR count). The van der Waals surface area contributed by atoms with E-state index in [0.717, 1.165) is 18.4 Å². The van der Waals surface area contributed by atoms with Gasteiger partial charge in [0.2, 0.25) is 11.8 Å². The van der Waals surface area contributed by atoms with Gasteiger partial charge in [-0.15, -0.1) is 0 Å². The summed E-state index contributed by atoms with van der Waals surface area (Å²) < 4.78 is 0. The smallest absolute Gasteiger partial charge is 0.248 e. The van der Waals surface area contributed by atoms with E-state index < -0.39 is 5.54 Å². The fourth-order valence-corrected chi connectivity index (χ4v) is 4.56. The van der Waals surface area contributed by atoms with Crippen molar-refractivity contribution in [3.05, 3.63) is 0 Å². The molecule has 4 atom stereocenters. The molecule has 0 radical (unpaired) electrons. The quantitative estimate of drug-likeness (QED) is 0.857. The Morgan fingerprint density at radius 3 is 2.55 bits per heavy atom. The van der Waals surface area contributed by atoms with Gasteiger partial charge in [0.1, 0.15) is 11.6 Å². The topological polar surface area (TPSA) is 49.4 Å². The number of nitrogens with one attached hydrogen (secondary N) is 1. The first-order chi connectivity index (χ1) is 9.42. The van der Waals surface area contributed by atoms with Crippen LogP contribution in [0.5, 0.6) is 0 Å². The van der Waals surface area contributed by atoms with Gasteiger partial charge in [0.25, 0.3) is 0 Å². The normalized spacial score (nSPS) is 39.2. The number of amides is 2. The molecule has 2 bridgehead atoms. The molecule has 2 aliphatic carbocycles. The fraction of sp³-hybridized carbons (Fsp3) is 0.875. The summed E-state index contributed by atoms with van der Waals surface area (Å²) in [7, 11) is 0. The number of rotatable bonds is 3. The zero-order chi connectivity index (χ0) is 14.5. The van der Waals surface area contributed by atoms with E-state index in [1.165, 1.54) is 25.7 Å². The average Bonchev–Trinajstić information content (AvgIpc) is 2.97. The first-order valence-electron chi connectivity index (χ1n) is 8.05. The van der Waals surface area contributed by atoms with Crippen LogP contribution in [0, 0.1) is 17.8 Å². The maximum Gasteiger partial charge on any atom is 0.248 e. The minimum Gasteiger partial charge on any atom is -0.340 e. The molecule has 2 saturated carbocycles. The van der Waals surface area contributed by atoms with Gasteiger partial charge in [-0.2, -0.15) is 0 Å². The Labute approximate surface area is 121 Å². The van der Waals surface area contributed by atoms with Crippen LogP contribution >= 0.6 is 0 Å². The third-order valence-corrected chi connectivity index (χ3v) is 5.61. The zero-order valence-corrected chi connectivity index (χ0v) is 12.8. The number of piperazine rings is 1. The number of carbonyl (C=O) groups excluding carboxylic acids is 2. The largest absolute Gasteiger partial charge is 0.340 e. The first-order valence-corrected chi connectivity index (χ1v) is 8.05. The summed E-state index contributed by atoms with van der Waals surface area (Å²) in [5, 5.41) is 2.87.